The Morgan fingerprint density at radius 3 is 2.26 bits per heavy atom. The van der Waals surface area contributed by atoms with Gasteiger partial charge in [0.2, 0.25) is 5.95 Å². The zero-order valence-electron chi connectivity index (χ0n) is 12.3. The van der Waals surface area contributed by atoms with Gasteiger partial charge in [0.25, 0.3) is 0 Å². The molecule has 4 rings (SSSR count). The Morgan fingerprint density at radius 2 is 1.52 bits per heavy atom. The monoisotopic (exact) mass is 303 g/mol. The Hall–Kier alpha value is -3.14. The van der Waals surface area contributed by atoms with Crippen LogP contribution in [0.1, 0.15) is 0 Å². The normalized spacial score (nSPS) is 10.8. The van der Waals surface area contributed by atoms with Crippen LogP contribution in [0.2, 0.25) is 0 Å². The maximum Gasteiger partial charge on any atom is 0.213 e. The van der Waals surface area contributed by atoms with Crippen LogP contribution in [0.25, 0.3) is 16.7 Å². The first-order valence-corrected chi connectivity index (χ1v) is 7.37. The molecule has 0 saturated carbocycles. The SMILES string of the molecule is Fc1ccc2nc(Nc3ccccc3)n(-c3ccccc3)c2c1. The summed E-state index contributed by atoms with van der Waals surface area (Å²) in [5.74, 6) is 0.379. The number of hydrogen-bond donors (Lipinski definition) is 1. The molecule has 0 atom stereocenters. The molecule has 0 radical (unpaired) electrons. The van der Waals surface area contributed by atoms with Gasteiger partial charge in [-0.2, -0.15) is 0 Å². The van der Waals surface area contributed by atoms with E-state index in [-0.39, 0.29) is 5.82 Å². The van der Waals surface area contributed by atoms with Gasteiger partial charge in [-0.1, -0.05) is 36.4 Å². The lowest BCUT2D eigenvalue weighted by molar-refractivity contribution is 0.629. The number of aromatic nitrogens is 2. The van der Waals surface area contributed by atoms with Crippen molar-refractivity contribution in [2.45, 2.75) is 0 Å². The van der Waals surface area contributed by atoms with Crippen LogP contribution in [0.3, 0.4) is 0 Å². The molecule has 0 aliphatic heterocycles. The second kappa shape index (κ2) is 5.57. The van der Waals surface area contributed by atoms with E-state index in [4.69, 9.17) is 0 Å². The minimum Gasteiger partial charge on any atom is -0.325 e. The summed E-state index contributed by atoms with van der Waals surface area (Å²) in [7, 11) is 0. The van der Waals surface area contributed by atoms with Crippen LogP contribution in [0.5, 0.6) is 0 Å². The average molecular weight is 303 g/mol. The van der Waals surface area contributed by atoms with Crippen LogP contribution in [-0.2, 0) is 0 Å². The summed E-state index contributed by atoms with van der Waals surface area (Å²) in [6, 6.07) is 24.2. The van der Waals surface area contributed by atoms with E-state index in [0.29, 0.717) is 5.95 Å². The molecule has 0 bridgehead atoms. The second-order valence-electron chi connectivity index (χ2n) is 5.23. The first-order chi connectivity index (χ1) is 11.3. The Balaban J connectivity index is 1.92. The van der Waals surface area contributed by atoms with E-state index < -0.39 is 0 Å². The summed E-state index contributed by atoms with van der Waals surface area (Å²) in [6.07, 6.45) is 0. The van der Waals surface area contributed by atoms with E-state index in [2.05, 4.69) is 10.3 Å². The predicted octanol–water partition coefficient (Wildman–Crippen LogP) is 4.91. The first-order valence-electron chi connectivity index (χ1n) is 7.37. The Bertz CT molecular complexity index is 946. The van der Waals surface area contributed by atoms with Crippen LogP contribution in [0.15, 0.2) is 78.9 Å². The highest BCUT2D eigenvalue weighted by Crippen LogP contribution is 2.27. The molecule has 3 aromatic carbocycles. The number of benzene rings is 3. The van der Waals surface area contributed by atoms with Crippen molar-refractivity contribution in [2.24, 2.45) is 0 Å². The summed E-state index contributed by atoms with van der Waals surface area (Å²) in [6.45, 7) is 0. The third kappa shape index (κ3) is 2.55. The molecule has 0 saturated heterocycles. The number of fused-ring (bicyclic) bond motifs is 1. The van der Waals surface area contributed by atoms with Crippen LogP contribution in [0.4, 0.5) is 16.0 Å². The average Bonchev–Trinajstić information content (AvgIpc) is 2.93. The van der Waals surface area contributed by atoms with E-state index in [1.54, 1.807) is 6.07 Å². The van der Waals surface area contributed by atoms with E-state index in [9.17, 15) is 4.39 Å². The molecule has 1 heterocycles. The molecule has 0 fully saturated rings. The number of hydrogen-bond acceptors (Lipinski definition) is 2. The van der Waals surface area contributed by atoms with Crippen LogP contribution < -0.4 is 5.32 Å². The fourth-order valence-corrected chi connectivity index (χ4v) is 2.62. The number of imidazole rings is 1. The van der Waals surface area contributed by atoms with E-state index in [0.717, 1.165) is 22.4 Å². The number of rotatable bonds is 3. The van der Waals surface area contributed by atoms with Crippen molar-refractivity contribution in [1.82, 2.24) is 9.55 Å². The summed E-state index contributed by atoms with van der Waals surface area (Å²) in [5, 5.41) is 3.31. The van der Waals surface area contributed by atoms with Gasteiger partial charge in [-0.25, -0.2) is 9.37 Å². The van der Waals surface area contributed by atoms with Gasteiger partial charge in [0.1, 0.15) is 5.82 Å². The summed E-state index contributed by atoms with van der Waals surface area (Å²) in [5.41, 5.74) is 3.34. The minimum absolute atomic E-state index is 0.277. The Labute approximate surface area is 133 Å². The summed E-state index contributed by atoms with van der Waals surface area (Å²) >= 11 is 0. The molecule has 4 heteroatoms. The number of anilines is 2. The fraction of sp³-hybridized carbons (Fsp3) is 0. The lowest BCUT2D eigenvalue weighted by Gasteiger charge is -2.10. The van der Waals surface area contributed by atoms with Crippen molar-refractivity contribution in [3.05, 3.63) is 84.7 Å². The lowest BCUT2D eigenvalue weighted by Crippen LogP contribution is -2.01. The van der Waals surface area contributed by atoms with Gasteiger partial charge < -0.3 is 5.32 Å². The smallest absolute Gasteiger partial charge is 0.213 e. The topological polar surface area (TPSA) is 29.9 Å². The number of halogens is 1. The highest BCUT2D eigenvalue weighted by Gasteiger charge is 2.13. The molecule has 3 nitrogen and oxygen atoms in total. The molecule has 0 spiro atoms. The van der Waals surface area contributed by atoms with Gasteiger partial charge in [-0.15, -0.1) is 0 Å². The van der Waals surface area contributed by atoms with Gasteiger partial charge in [0.15, 0.2) is 0 Å². The third-order valence-electron chi connectivity index (χ3n) is 3.66. The van der Waals surface area contributed by atoms with Crippen LogP contribution in [0, 0.1) is 5.82 Å². The van der Waals surface area contributed by atoms with Crippen LogP contribution >= 0.6 is 0 Å². The molecule has 0 aliphatic rings. The van der Waals surface area contributed by atoms with Gasteiger partial charge >= 0.3 is 0 Å². The van der Waals surface area contributed by atoms with Crippen molar-refractivity contribution in [2.75, 3.05) is 5.32 Å². The highest BCUT2D eigenvalue weighted by atomic mass is 19.1. The number of para-hydroxylation sites is 2. The first kappa shape index (κ1) is 13.5. The van der Waals surface area contributed by atoms with Crippen molar-refractivity contribution in [1.29, 1.82) is 0 Å². The molecule has 0 amide bonds. The van der Waals surface area contributed by atoms with Crippen molar-refractivity contribution in [3.63, 3.8) is 0 Å². The quantitative estimate of drug-likeness (QED) is 0.583. The van der Waals surface area contributed by atoms with Gasteiger partial charge in [0, 0.05) is 17.4 Å². The highest BCUT2D eigenvalue weighted by molar-refractivity contribution is 5.82. The zero-order chi connectivity index (χ0) is 15.6. The molecule has 112 valence electrons. The zero-order valence-corrected chi connectivity index (χ0v) is 12.3. The maximum absolute atomic E-state index is 13.7. The Morgan fingerprint density at radius 1 is 0.826 bits per heavy atom. The molecule has 1 aromatic heterocycles. The molecule has 0 unspecified atom stereocenters. The van der Waals surface area contributed by atoms with Crippen molar-refractivity contribution >= 4 is 22.7 Å². The fourth-order valence-electron chi connectivity index (χ4n) is 2.62. The predicted molar refractivity (Wildman–Crippen MR) is 90.8 cm³/mol. The van der Waals surface area contributed by atoms with Gasteiger partial charge in [-0.05, 0) is 36.4 Å². The minimum atomic E-state index is -0.277. The molecule has 4 aromatic rings. The molecule has 0 aliphatic carbocycles. The van der Waals surface area contributed by atoms with Gasteiger partial charge in [0.05, 0.1) is 11.0 Å². The second-order valence-corrected chi connectivity index (χ2v) is 5.23. The van der Waals surface area contributed by atoms with Crippen molar-refractivity contribution < 1.29 is 4.39 Å². The van der Waals surface area contributed by atoms with Crippen LogP contribution in [-0.4, -0.2) is 9.55 Å². The number of nitrogens with zero attached hydrogens (tertiary/aromatic N) is 2. The molecule has 1 N–H and O–H groups in total. The summed E-state index contributed by atoms with van der Waals surface area (Å²) in [4.78, 5) is 4.61. The lowest BCUT2D eigenvalue weighted by atomic mass is 10.2. The molecular formula is C19H14FN3. The largest absolute Gasteiger partial charge is 0.325 e. The van der Waals surface area contributed by atoms with E-state index >= 15 is 0 Å². The van der Waals surface area contributed by atoms with Gasteiger partial charge in [-0.3, -0.25) is 4.57 Å². The standard InChI is InChI=1S/C19H14FN3/c20-14-11-12-17-18(13-14)23(16-9-5-2-6-10-16)19(22-17)21-15-7-3-1-4-8-15/h1-13H,(H,21,22). The van der Waals surface area contributed by atoms with E-state index in [1.807, 2.05) is 65.2 Å². The van der Waals surface area contributed by atoms with Crippen molar-refractivity contribution in [3.8, 4) is 5.69 Å². The number of nitrogens with one attached hydrogen (secondary N) is 1. The third-order valence-corrected chi connectivity index (χ3v) is 3.66. The Kier molecular flexibility index (Phi) is 3.27. The maximum atomic E-state index is 13.7. The molecular weight excluding hydrogens is 289 g/mol. The molecule has 23 heavy (non-hydrogen) atoms. The van der Waals surface area contributed by atoms with E-state index in [1.165, 1.54) is 12.1 Å². The summed E-state index contributed by atoms with van der Waals surface area (Å²) < 4.78 is 15.6.